The van der Waals surface area contributed by atoms with Crippen LogP contribution in [0.5, 0.6) is 0 Å². The van der Waals surface area contributed by atoms with Crippen LogP contribution >= 0.6 is 23.2 Å². The molecule has 6 unspecified atom stereocenters. The van der Waals surface area contributed by atoms with E-state index in [2.05, 4.69) is 16.0 Å². The highest BCUT2D eigenvalue weighted by Crippen LogP contribution is 2.76. The molecule has 0 radical (unpaired) electrons. The fraction of sp³-hybridized carbons (Fsp3) is 0.583. The third-order valence-electron chi connectivity index (χ3n) is 7.34. The number of carbonyl (C=O) groups excluding carboxylic acids is 2. The smallest absolute Gasteiger partial charge is 0.408 e. The zero-order valence-electron chi connectivity index (χ0n) is 20.6. The van der Waals surface area contributed by atoms with Gasteiger partial charge in [-0.2, -0.15) is 0 Å². The molecule has 0 aromatic heterocycles. The molecule has 0 saturated heterocycles. The van der Waals surface area contributed by atoms with Crippen molar-refractivity contribution in [2.45, 2.75) is 64.6 Å². The quantitative estimate of drug-likeness (QED) is 0.336. The SMILES string of the molecule is CCC1C(NC(=O)Nc2c(Cl)cccc2Cl)C2C(C(=O)O)C2(CC)C1(NC(=O)OC(C)(C)C)C(=O)O. The second-order valence-corrected chi connectivity index (χ2v) is 11.0. The van der Waals surface area contributed by atoms with Gasteiger partial charge in [0.05, 0.1) is 21.7 Å². The van der Waals surface area contributed by atoms with E-state index in [1.165, 1.54) is 12.1 Å². The summed E-state index contributed by atoms with van der Waals surface area (Å²) in [6, 6.07) is 3.07. The summed E-state index contributed by atoms with van der Waals surface area (Å²) in [4.78, 5) is 51.1. The van der Waals surface area contributed by atoms with Crippen LogP contribution in [0.15, 0.2) is 18.2 Å². The molecule has 10 nitrogen and oxygen atoms in total. The summed E-state index contributed by atoms with van der Waals surface area (Å²) in [5.74, 6) is -5.27. The average Bonchev–Trinajstić information content (AvgIpc) is 3.38. The number of aliphatic carboxylic acids is 2. The summed E-state index contributed by atoms with van der Waals surface area (Å²) in [6.07, 6.45) is -0.604. The normalized spacial score (nSPS) is 30.6. The first kappa shape index (κ1) is 27.9. The topological polar surface area (TPSA) is 154 Å². The highest BCUT2D eigenvalue weighted by atomic mass is 35.5. The van der Waals surface area contributed by atoms with Crippen molar-refractivity contribution >= 4 is 53.0 Å². The lowest BCUT2D eigenvalue weighted by Crippen LogP contribution is -2.66. The number of benzene rings is 1. The summed E-state index contributed by atoms with van der Waals surface area (Å²) in [6.45, 7) is 8.31. The van der Waals surface area contributed by atoms with E-state index < -0.39 is 64.4 Å². The van der Waals surface area contributed by atoms with Gasteiger partial charge in [-0.25, -0.2) is 14.4 Å². The van der Waals surface area contributed by atoms with Crippen LogP contribution in [0.2, 0.25) is 10.0 Å². The maximum absolute atomic E-state index is 13.0. The molecule has 198 valence electrons. The first-order chi connectivity index (χ1) is 16.7. The third kappa shape index (κ3) is 4.34. The Hall–Kier alpha value is -2.72. The number of carbonyl (C=O) groups is 4. The summed E-state index contributed by atoms with van der Waals surface area (Å²) in [5.41, 5.74) is -4.09. The van der Waals surface area contributed by atoms with Crippen LogP contribution < -0.4 is 16.0 Å². The van der Waals surface area contributed by atoms with Crippen molar-refractivity contribution in [3.05, 3.63) is 28.2 Å². The molecule has 3 rings (SSSR count). The molecule has 12 heteroatoms. The van der Waals surface area contributed by atoms with Crippen molar-refractivity contribution in [3.8, 4) is 0 Å². The number of carboxylic acids is 2. The lowest BCUT2D eigenvalue weighted by molar-refractivity contribution is -0.153. The third-order valence-corrected chi connectivity index (χ3v) is 7.97. The minimum Gasteiger partial charge on any atom is -0.481 e. The van der Waals surface area contributed by atoms with Gasteiger partial charge in [0.25, 0.3) is 0 Å². The lowest BCUT2D eigenvalue weighted by atomic mass is 9.70. The number of ether oxygens (including phenoxy) is 1. The average molecular weight is 544 g/mol. The van der Waals surface area contributed by atoms with E-state index in [4.69, 9.17) is 27.9 Å². The highest BCUT2D eigenvalue weighted by Gasteiger charge is 2.88. The van der Waals surface area contributed by atoms with E-state index >= 15 is 0 Å². The number of anilines is 1. The van der Waals surface area contributed by atoms with Crippen LogP contribution in [-0.2, 0) is 14.3 Å². The maximum Gasteiger partial charge on any atom is 0.408 e. The number of fused-ring (bicyclic) bond motifs is 1. The molecule has 0 bridgehead atoms. The van der Waals surface area contributed by atoms with E-state index in [9.17, 15) is 29.4 Å². The number of hydrogen-bond acceptors (Lipinski definition) is 5. The number of para-hydroxylation sites is 1. The molecule has 0 aliphatic heterocycles. The molecule has 0 heterocycles. The van der Waals surface area contributed by atoms with Crippen molar-refractivity contribution in [2.75, 3.05) is 5.32 Å². The second-order valence-electron chi connectivity index (χ2n) is 10.2. The predicted molar refractivity (Wildman–Crippen MR) is 133 cm³/mol. The molecule has 3 amide bonds. The Labute approximate surface area is 219 Å². The van der Waals surface area contributed by atoms with Gasteiger partial charge in [0.15, 0.2) is 5.54 Å². The molecule has 2 saturated carbocycles. The number of rotatable bonds is 7. The number of alkyl carbamates (subject to hydrolysis) is 1. The Morgan fingerprint density at radius 1 is 1.08 bits per heavy atom. The molecule has 2 fully saturated rings. The van der Waals surface area contributed by atoms with E-state index in [0.29, 0.717) is 0 Å². The minimum absolute atomic E-state index is 0.142. The van der Waals surface area contributed by atoms with Gasteiger partial charge in [-0.3, -0.25) is 4.79 Å². The fourth-order valence-corrected chi connectivity index (χ4v) is 6.72. The number of halogens is 2. The Morgan fingerprint density at radius 2 is 1.67 bits per heavy atom. The number of hydrogen-bond donors (Lipinski definition) is 5. The van der Waals surface area contributed by atoms with Gasteiger partial charge in [0.1, 0.15) is 5.60 Å². The predicted octanol–water partition coefficient (Wildman–Crippen LogP) is 4.60. The summed E-state index contributed by atoms with van der Waals surface area (Å²) >= 11 is 12.3. The Balaban J connectivity index is 2.03. The molecule has 0 spiro atoms. The van der Waals surface area contributed by atoms with Gasteiger partial charge in [-0.15, -0.1) is 0 Å². The van der Waals surface area contributed by atoms with Crippen molar-refractivity contribution in [2.24, 2.45) is 23.2 Å². The molecular weight excluding hydrogens is 513 g/mol. The molecule has 5 N–H and O–H groups in total. The van der Waals surface area contributed by atoms with E-state index in [1.54, 1.807) is 40.7 Å². The largest absolute Gasteiger partial charge is 0.481 e. The van der Waals surface area contributed by atoms with E-state index in [0.717, 1.165) is 0 Å². The van der Waals surface area contributed by atoms with Crippen LogP contribution in [0, 0.1) is 23.2 Å². The van der Waals surface area contributed by atoms with Gasteiger partial charge in [-0.1, -0.05) is 43.1 Å². The van der Waals surface area contributed by atoms with Gasteiger partial charge in [-0.05, 0) is 45.7 Å². The Morgan fingerprint density at radius 3 is 2.11 bits per heavy atom. The van der Waals surface area contributed by atoms with Gasteiger partial charge >= 0.3 is 24.1 Å². The van der Waals surface area contributed by atoms with E-state index in [1.807, 2.05) is 0 Å². The number of nitrogens with one attached hydrogen (secondary N) is 3. The van der Waals surface area contributed by atoms with E-state index in [-0.39, 0.29) is 28.6 Å². The Kier molecular flexibility index (Phi) is 7.45. The summed E-state index contributed by atoms with van der Waals surface area (Å²) in [7, 11) is 0. The molecule has 1 aromatic carbocycles. The number of carboxylic acid groups (broad SMARTS) is 2. The highest BCUT2D eigenvalue weighted by molar-refractivity contribution is 6.39. The van der Waals surface area contributed by atoms with Crippen LogP contribution in [0.25, 0.3) is 0 Å². The van der Waals surface area contributed by atoms with Crippen LogP contribution in [0.3, 0.4) is 0 Å². The summed E-state index contributed by atoms with van der Waals surface area (Å²) < 4.78 is 5.35. The first-order valence-electron chi connectivity index (χ1n) is 11.7. The van der Waals surface area contributed by atoms with Gasteiger partial charge in [0, 0.05) is 23.3 Å². The van der Waals surface area contributed by atoms with Gasteiger partial charge in [0.2, 0.25) is 0 Å². The van der Waals surface area contributed by atoms with Crippen LogP contribution in [0.4, 0.5) is 15.3 Å². The molecule has 2 aliphatic rings. The van der Waals surface area contributed by atoms with Crippen LogP contribution in [0.1, 0.15) is 47.5 Å². The molecule has 2 aliphatic carbocycles. The maximum atomic E-state index is 13.0. The minimum atomic E-state index is -1.99. The second kappa shape index (κ2) is 9.63. The van der Waals surface area contributed by atoms with Crippen LogP contribution in [-0.4, -0.2) is 51.5 Å². The van der Waals surface area contributed by atoms with Crippen molar-refractivity contribution in [3.63, 3.8) is 0 Å². The molecule has 6 atom stereocenters. The van der Waals surface area contributed by atoms with Crippen molar-refractivity contribution in [1.82, 2.24) is 10.6 Å². The van der Waals surface area contributed by atoms with Crippen molar-refractivity contribution in [1.29, 1.82) is 0 Å². The van der Waals surface area contributed by atoms with Gasteiger partial charge < -0.3 is 30.9 Å². The van der Waals surface area contributed by atoms with Crippen molar-refractivity contribution < 1.29 is 34.1 Å². The summed E-state index contributed by atoms with van der Waals surface area (Å²) in [5, 5.41) is 28.8. The molecular formula is C24H31Cl2N3O7. The number of amides is 3. The first-order valence-corrected chi connectivity index (χ1v) is 12.4. The molecule has 1 aromatic rings. The zero-order chi connectivity index (χ0) is 27.2. The lowest BCUT2D eigenvalue weighted by Gasteiger charge is -2.42. The zero-order valence-corrected chi connectivity index (χ0v) is 22.2. The number of urea groups is 1. The monoisotopic (exact) mass is 543 g/mol. The Bertz CT molecular complexity index is 1070. The standard InChI is InChI=1S/C24H31Cl2N3O7/c1-6-11-16(27-20(34)28-17-12(25)9-8-10-13(17)26)14-15(18(30)31)23(14,7-2)24(11,19(32)33)29-21(35)36-22(3,4)5/h8-11,14-16H,6-7H2,1-5H3,(H,29,35)(H,30,31)(H,32,33)(H2,27,28,34). The molecule has 36 heavy (non-hydrogen) atoms. The fourth-order valence-electron chi connectivity index (χ4n) is 6.23.